The van der Waals surface area contributed by atoms with Crippen LogP contribution in [0.15, 0.2) is 0 Å². The number of rotatable bonds is 4. The maximum Gasteiger partial charge on any atom is 0.408 e. The van der Waals surface area contributed by atoms with Crippen LogP contribution in [0.2, 0.25) is 0 Å². The molecule has 6 nitrogen and oxygen atoms in total. The minimum atomic E-state index is -1.01. The zero-order chi connectivity index (χ0) is 15.1. The van der Waals surface area contributed by atoms with Crippen molar-refractivity contribution >= 4 is 12.1 Å². The summed E-state index contributed by atoms with van der Waals surface area (Å²) in [6, 6.07) is 0. The normalized spacial score (nSPS) is 28.6. The van der Waals surface area contributed by atoms with Crippen LogP contribution in [0.5, 0.6) is 0 Å². The number of carbonyl (C=O) groups is 2. The molecule has 3 N–H and O–H groups in total. The van der Waals surface area contributed by atoms with Crippen molar-refractivity contribution in [1.82, 2.24) is 5.32 Å². The molecule has 0 bridgehead atoms. The summed E-state index contributed by atoms with van der Waals surface area (Å²) in [6.45, 7) is 8.69. The van der Waals surface area contributed by atoms with E-state index < -0.39 is 28.6 Å². The monoisotopic (exact) mass is 273 g/mol. The summed E-state index contributed by atoms with van der Waals surface area (Å²) < 4.78 is 5.16. The molecule has 1 fully saturated rings. The summed E-state index contributed by atoms with van der Waals surface area (Å²) in [5.41, 5.74) is -2.07. The Bertz CT molecular complexity index is 385. The van der Waals surface area contributed by atoms with Gasteiger partial charge in [-0.05, 0) is 26.2 Å². The van der Waals surface area contributed by atoms with Gasteiger partial charge in [0.15, 0.2) is 0 Å². The maximum atomic E-state index is 11.8. The lowest BCUT2D eigenvalue weighted by Gasteiger charge is -2.25. The van der Waals surface area contributed by atoms with E-state index in [0.29, 0.717) is 0 Å². The number of carbonyl (C=O) groups excluding carboxylic acids is 1. The van der Waals surface area contributed by atoms with Crippen LogP contribution >= 0.6 is 0 Å². The van der Waals surface area contributed by atoms with E-state index in [9.17, 15) is 14.7 Å². The molecule has 0 aromatic rings. The Hall–Kier alpha value is -1.30. The number of nitrogens with one attached hydrogen (secondary N) is 1. The van der Waals surface area contributed by atoms with Gasteiger partial charge in [-0.1, -0.05) is 13.8 Å². The van der Waals surface area contributed by atoms with Crippen LogP contribution in [0.25, 0.3) is 0 Å². The van der Waals surface area contributed by atoms with Crippen LogP contribution in [-0.2, 0) is 9.53 Å². The van der Waals surface area contributed by atoms with Crippen LogP contribution < -0.4 is 5.32 Å². The highest BCUT2D eigenvalue weighted by Gasteiger charge is 2.72. The highest BCUT2D eigenvalue weighted by atomic mass is 16.6. The molecular weight excluding hydrogens is 250 g/mol. The molecule has 0 aromatic heterocycles. The molecule has 2 atom stereocenters. The summed E-state index contributed by atoms with van der Waals surface area (Å²) in [4.78, 5) is 22.8. The van der Waals surface area contributed by atoms with Gasteiger partial charge in [-0.15, -0.1) is 0 Å². The van der Waals surface area contributed by atoms with Crippen molar-refractivity contribution in [2.45, 2.75) is 52.2 Å². The third kappa shape index (κ3) is 3.00. The molecule has 0 aromatic carbocycles. The Labute approximate surface area is 113 Å². The van der Waals surface area contributed by atoms with Gasteiger partial charge in [-0.3, -0.25) is 4.79 Å². The van der Waals surface area contributed by atoms with Gasteiger partial charge < -0.3 is 20.3 Å². The molecule has 0 saturated heterocycles. The second kappa shape index (κ2) is 4.67. The molecule has 1 aliphatic rings. The number of aliphatic hydroxyl groups excluding tert-OH is 1. The number of hydrogen-bond donors (Lipinski definition) is 3. The molecule has 0 radical (unpaired) electrons. The van der Waals surface area contributed by atoms with Gasteiger partial charge in [0.2, 0.25) is 0 Å². The smallest absolute Gasteiger partial charge is 0.408 e. The average Bonchev–Trinajstić information content (AvgIpc) is 2.55. The van der Waals surface area contributed by atoms with Crippen LogP contribution in [0, 0.1) is 11.3 Å². The molecule has 0 heterocycles. The van der Waals surface area contributed by atoms with Crippen molar-refractivity contribution in [2.75, 3.05) is 6.61 Å². The fraction of sp³-hybridized carbons (Fsp3) is 0.846. The number of carboxylic acid groups (broad SMARTS) is 1. The molecule has 6 heteroatoms. The van der Waals surface area contributed by atoms with E-state index in [4.69, 9.17) is 9.84 Å². The number of aliphatic carboxylic acids is 1. The van der Waals surface area contributed by atoms with Crippen LogP contribution in [-0.4, -0.2) is 40.0 Å². The van der Waals surface area contributed by atoms with Gasteiger partial charge >= 0.3 is 12.1 Å². The Morgan fingerprint density at radius 1 is 1.32 bits per heavy atom. The molecular formula is C13H23NO5. The maximum absolute atomic E-state index is 11.8. The molecule has 1 aliphatic carbocycles. The van der Waals surface area contributed by atoms with Crippen LogP contribution in [0.3, 0.4) is 0 Å². The van der Waals surface area contributed by atoms with Gasteiger partial charge in [-0.2, -0.15) is 0 Å². The van der Waals surface area contributed by atoms with Crippen molar-refractivity contribution in [1.29, 1.82) is 0 Å². The molecule has 2 unspecified atom stereocenters. The fourth-order valence-corrected chi connectivity index (χ4v) is 2.72. The molecule has 0 spiro atoms. The quantitative estimate of drug-likeness (QED) is 0.719. The first-order valence-corrected chi connectivity index (χ1v) is 6.30. The molecule has 1 saturated carbocycles. The van der Waals surface area contributed by atoms with Gasteiger partial charge in [-0.25, -0.2) is 4.79 Å². The Morgan fingerprint density at radius 2 is 1.84 bits per heavy atom. The first kappa shape index (κ1) is 15.8. The molecule has 0 aliphatic heterocycles. The first-order chi connectivity index (χ1) is 8.46. The zero-order valence-corrected chi connectivity index (χ0v) is 12.1. The minimum Gasteiger partial charge on any atom is -0.481 e. The summed E-state index contributed by atoms with van der Waals surface area (Å²) in [5.74, 6) is -1.30. The van der Waals surface area contributed by atoms with Crippen LogP contribution in [0.1, 0.15) is 41.0 Å². The van der Waals surface area contributed by atoms with E-state index in [2.05, 4.69) is 5.32 Å². The Kier molecular flexibility index (Phi) is 3.87. The van der Waals surface area contributed by atoms with Crippen molar-refractivity contribution in [3.8, 4) is 0 Å². The summed E-state index contributed by atoms with van der Waals surface area (Å²) in [6.07, 6.45) is -0.887. The van der Waals surface area contributed by atoms with Crippen molar-refractivity contribution in [3.05, 3.63) is 0 Å². The van der Waals surface area contributed by atoms with E-state index in [1.165, 1.54) is 0 Å². The highest BCUT2D eigenvalue weighted by Crippen LogP contribution is 2.63. The van der Waals surface area contributed by atoms with E-state index in [-0.39, 0.29) is 18.9 Å². The molecule has 19 heavy (non-hydrogen) atoms. The largest absolute Gasteiger partial charge is 0.481 e. The molecule has 1 amide bonds. The minimum absolute atomic E-state index is 0.171. The predicted molar refractivity (Wildman–Crippen MR) is 68.7 cm³/mol. The first-order valence-electron chi connectivity index (χ1n) is 6.30. The number of aliphatic hydroxyl groups is 1. The number of hydrogen-bond acceptors (Lipinski definition) is 4. The molecule has 110 valence electrons. The van der Waals surface area contributed by atoms with Gasteiger partial charge in [0.05, 0.1) is 12.0 Å². The summed E-state index contributed by atoms with van der Waals surface area (Å²) in [5, 5.41) is 21.0. The number of amides is 1. The SMILES string of the molecule is CC(C)(C)OC(=O)NC1(CC(=O)O)C(CO)C1(C)C. The summed E-state index contributed by atoms with van der Waals surface area (Å²) in [7, 11) is 0. The standard InChI is InChI=1S/C13H23NO5/c1-11(2,3)19-10(18)14-13(6-9(16)17)8(7-15)12(13,4)5/h8,15H,6-7H2,1-5H3,(H,14,18)(H,16,17). The number of ether oxygens (including phenoxy) is 1. The van der Waals surface area contributed by atoms with Gasteiger partial charge in [0, 0.05) is 12.5 Å². The highest BCUT2D eigenvalue weighted by molar-refractivity contribution is 5.75. The second-order valence-electron chi connectivity index (χ2n) is 6.63. The third-order valence-corrected chi connectivity index (χ3v) is 3.87. The van der Waals surface area contributed by atoms with E-state index in [1.54, 1.807) is 20.8 Å². The lowest BCUT2D eigenvalue weighted by atomic mass is 10.0. The lowest BCUT2D eigenvalue weighted by molar-refractivity contribution is -0.138. The fourth-order valence-electron chi connectivity index (χ4n) is 2.72. The van der Waals surface area contributed by atoms with Crippen LogP contribution in [0.4, 0.5) is 4.79 Å². The van der Waals surface area contributed by atoms with E-state index in [1.807, 2.05) is 13.8 Å². The number of carboxylic acids is 1. The van der Waals surface area contributed by atoms with Gasteiger partial charge in [0.25, 0.3) is 0 Å². The Balaban J connectivity index is 2.85. The Morgan fingerprint density at radius 3 is 2.16 bits per heavy atom. The lowest BCUT2D eigenvalue weighted by Crippen LogP contribution is -2.45. The van der Waals surface area contributed by atoms with E-state index >= 15 is 0 Å². The van der Waals surface area contributed by atoms with E-state index in [0.717, 1.165) is 0 Å². The van der Waals surface area contributed by atoms with Crippen molar-refractivity contribution < 1.29 is 24.5 Å². The molecule has 1 rings (SSSR count). The van der Waals surface area contributed by atoms with Crippen molar-refractivity contribution in [3.63, 3.8) is 0 Å². The third-order valence-electron chi connectivity index (χ3n) is 3.87. The van der Waals surface area contributed by atoms with Crippen molar-refractivity contribution in [2.24, 2.45) is 11.3 Å². The zero-order valence-electron chi connectivity index (χ0n) is 12.1. The average molecular weight is 273 g/mol. The predicted octanol–water partition coefficient (Wildman–Crippen LogP) is 1.37. The number of alkyl carbamates (subject to hydrolysis) is 1. The second-order valence-corrected chi connectivity index (χ2v) is 6.63. The topological polar surface area (TPSA) is 95.9 Å². The summed E-state index contributed by atoms with van der Waals surface area (Å²) >= 11 is 0. The van der Waals surface area contributed by atoms with Gasteiger partial charge in [0.1, 0.15) is 5.60 Å².